The van der Waals surface area contributed by atoms with Crippen molar-refractivity contribution in [3.05, 3.63) is 0 Å². The van der Waals surface area contributed by atoms with Crippen LogP contribution in [0.5, 0.6) is 0 Å². The third kappa shape index (κ3) is 6.82. The molecule has 0 unspecified atom stereocenters. The molecule has 0 saturated carbocycles. The van der Waals surface area contributed by atoms with Crippen molar-refractivity contribution in [2.24, 2.45) is 17.8 Å². The van der Waals surface area contributed by atoms with E-state index in [2.05, 4.69) is 48.2 Å². The summed E-state index contributed by atoms with van der Waals surface area (Å²) in [6, 6.07) is 0. The van der Waals surface area contributed by atoms with Crippen LogP contribution in [0.3, 0.4) is 0 Å². The zero-order chi connectivity index (χ0) is 11.4. The van der Waals surface area contributed by atoms with Gasteiger partial charge in [-0.15, -0.1) is 0 Å². The third-order valence-electron chi connectivity index (χ3n) is 2.42. The van der Waals surface area contributed by atoms with E-state index in [1.807, 2.05) is 0 Å². The summed E-state index contributed by atoms with van der Waals surface area (Å²) >= 11 is 0. The van der Waals surface area contributed by atoms with E-state index in [4.69, 9.17) is 0 Å². The van der Waals surface area contributed by atoms with Gasteiger partial charge in [0.2, 0.25) is 0 Å². The molecule has 1 heteroatoms. The van der Waals surface area contributed by atoms with E-state index >= 15 is 0 Å². The second-order valence-electron chi connectivity index (χ2n) is 6.35. The van der Waals surface area contributed by atoms with Crippen molar-refractivity contribution in [3.8, 4) is 0 Å². The molecule has 0 bridgehead atoms. The molecular formula is C13H30P+. The van der Waals surface area contributed by atoms with E-state index < -0.39 is 7.26 Å². The second kappa shape index (κ2) is 6.11. The largest absolute Gasteiger partial charge is 0.0614 e. The second-order valence-corrected chi connectivity index (χ2v) is 10.7. The summed E-state index contributed by atoms with van der Waals surface area (Å²) in [5.74, 6) is 2.64. The minimum Gasteiger partial charge on any atom is -0.0593 e. The smallest absolute Gasteiger partial charge is 0.0593 e. The van der Waals surface area contributed by atoms with Gasteiger partial charge in [0.05, 0.1) is 18.5 Å². The molecule has 0 radical (unpaired) electrons. The Morgan fingerprint density at radius 2 is 0.857 bits per heavy atom. The Morgan fingerprint density at radius 3 is 1.00 bits per heavy atom. The normalized spacial score (nSPS) is 13.3. The van der Waals surface area contributed by atoms with Crippen LogP contribution in [0.15, 0.2) is 0 Å². The first kappa shape index (κ1) is 14.4. The standard InChI is InChI=1S/C13H30P/c1-11(2)8-14(7,9-12(3)4)10-13(5)6/h11-13H,8-10H2,1-7H3/q+1. The first-order valence-corrected chi connectivity index (χ1v) is 8.88. The van der Waals surface area contributed by atoms with Crippen molar-refractivity contribution in [3.63, 3.8) is 0 Å². The van der Waals surface area contributed by atoms with Crippen LogP contribution in [0.2, 0.25) is 0 Å². The maximum Gasteiger partial charge on any atom is 0.0614 e. The van der Waals surface area contributed by atoms with Crippen molar-refractivity contribution in [1.82, 2.24) is 0 Å². The molecule has 0 aliphatic carbocycles. The van der Waals surface area contributed by atoms with E-state index in [-0.39, 0.29) is 0 Å². The maximum atomic E-state index is 2.59. The highest BCUT2D eigenvalue weighted by atomic mass is 31.2. The fourth-order valence-electron chi connectivity index (χ4n) is 2.87. The third-order valence-corrected chi connectivity index (χ3v) is 7.25. The molecule has 0 aliphatic rings. The molecule has 0 N–H and O–H groups in total. The Bertz CT molecular complexity index is 121. The van der Waals surface area contributed by atoms with E-state index in [1.165, 1.54) is 18.5 Å². The Balaban J connectivity index is 4.32. The van der Waals surface area contributed by atoms with Gasteiger partial charge in [-0.2, -0.15) is 0 Å². The predicted octanol–water partition coefficient (Wildman–Crippen LogP) is 4.60. The lowest BCUT2D eigenvalue weighted by Gasteiger charge is -2.28. The summed E-state index contributed by atoms with van der Waals surface area (Å²) in [4.78, 5) is 0. The van der Waals surface area contributed by atoms with Gasteiger partial charge in [0.15, 0.2) is 0 Å². The lowest BCUT2D eigenvalue weighted by atomic mass is 10.3. The van der Waals surface area contributed by atoms with Gasteiger partial charge < -0.3 is 0 Å². The zero-order valence-electron chi connectivity index (χ0n) is 11.3. The van der Waals surface area contributed by atoms with Gasteiger partial charge in [0.25, 0.3) is 0 Å². The lowest BCUT2D eigenvalue weighted by molar-refractivity contribution is 0.687. The van der Waals surface area contributed by atoms with Crippen LogP contribution in [-0.4, -0.2) is 25.2 Å². The fourth-order valence-corrected chi connectivity index (χ4v) is 8.60. The summed E-state index contributed by atoms with van der Waals surface area (Å²) < 4.78 is 0. The number of hydrogen-bond donors (Lipinski definition) is 0. The van der Waals surface area contributed by atoms with Gasteiger partial charge in [-0.25, -0.2) is 0 Å². The summed E-state index contributed by atoms with van der Waals surface area (Å²) in [5, 5.41) is 0. The number of rotatable bonds is 6. The van der Waals surface area contributed by atoms with Gasteiger partial charge in [0.1, 0.15) is 0 Å². The molecule has 0 aliphatic heterocycles. The van der Waals surface area contributed by atoms with Gasteiger partial charge in [-0.1, -0.05) is 41.5 Å². The molecule has 0 amide bonds. The Morgan fingerprint density at radius 1 is 0.643 bits per heavy atom. The monoisotopic (exact) mass is 217 g/mol. The van der Waals surface area contributed by atoms with Crippen molar-refractivity contribution < 1.29 is 0 Å². The SMILES string of the molecule is CC(C)C[P+](C)(CC(C)C)CC(C)C. The molecule has 14 heavy (non-hydrogen) atoms. The fraction of sp³-hybridized carbons (Fsp3) is 1.00. The van der Waals surface area contributed by atoms with Crippen LogP contribution in [0.25, 0.3) is 0 Å². The molecule has 0 atom stereocenters. The summed E-state index contributed by atoms with van der Waals surface area (Å²) in [6.07, 6.45) is 4.47. The minimum absolute atomic E-state index is 0.638. The van der Waals surface area contributed by atoms with Gasteiger partial charge in [0, 0.05) is 13.9 Å². The predicted molar refractivity (Wildman–Crippen MR) is 72.0 cm³/mol. The quantitative estimate of drug-likeness (QED) is 0.570. The molecule has 0 aromatic carbocycles. The van der Waals surface area contributed by atoms with Gasteiger partial charge in [-0.05, 0) is 17.8 Å². The van der Waals surface area contributed by atoms with Crippen LogP contribution in [-0.2, 0) is 0 Å². The van der Waals surface area contributed by atoms with Crippen LogP contribution >= 0.6 is 7.26 Å². The molecule has 0 spiro atoms. The first-order valence-electron chi connectivity index (χ1n) is 6.08. The van der Waals surface area contributed by atoms with Crippen LogP contribution in [0.4, 0.5) is 0 Å². The Kier molecular flexibility index (Phi) is 6.30. The van der Waals surface area contributed by atoms with Crippen LogP contribution in [0.1, 0.15) is 41.5 Å². The molecule has 0 saturated heterocycles. The van der Waals surface area contributed by atoms with Gasteiger partial charge in [-0.3, -0.25) is 0 Å². The minimum atomic E-state index is -0.638. The Labute approximate surface area is 92.2 Å². The molecule has 0 heterocycles. The molecule has 0 fully saturated rings. The molecule has 0 nitrogen and oxygen atoms in total. The van der Waals surface area contributed by atoms with Crippen LogP contribution in [0, 0.1) is 17.8 Å². The van der Waals surface area contributed by atoms with Gasteiger partial charge >= 0.3 is 0 Å². The lowest BCUT2D eigenvalue weighted by Crippen LogP contribution is -2.16. The average molecular weight is 217 g/mol. The topological polar surface area (TPSA) is 0 Å². The summed E-state index contributed by atoms with van der Waals surface area (Å²) in [5.41, 5.74) is 0. The molecule has 0 aromatic heterocycles. The molecule has 0 aromatic rings. The van der Waals surface area contributed by atoms with E-state index in [0.29, 0.717) is 0 Å². The van der Waals surface area contributed by atoms with Crippen molar-refractivity contribution in [1.29, 1.82) is 0 Å². The maximum absolute atomic E-state index is 2.59. The van der Waals surface area contributed by atoms with E-state index in [1.54, 1.807) is 0 Å². The van der Waals surface area contributed by atoms with Crippen LogP contribution < -0.4 is 0 Å². The first-order chi connectivity index (χ1) is 6.25. The molecule has 0 rings (SSSR count). The molecule has 86 valence electrons. The van der Waals surface area contributed by atoms with Crippen molar-refractivity contribution in [2.45, 2.75) is 41.5 Å². The highest BCUT2D eigenvalue weighted by Crippen LogP contribution is 2.58. The van der Waals surface area contributed by atoms with Crippen molar-refractivity contribution >= 4 is 7.26 Å². The number of hydrogen-bond acceptors (Lipinski definition) is 0. The zero-order valence-corrected chi connectivity index (χ0v) is 12.2. The van der Waals surface area contributed by atoms with E-state index in [9.17, 15) is 0 Å². The van der Waals surface area contributed by atoms with E-state index in [0.717, 1.165) is 17.8 Å². The highest BCUT2D eigenvalue weighted by molar-refractivity contribution is 7.75. The summed E-state index contributed by atoms with van der Waals surface area (Å²) in [6.45, 7) is 16.8. The highest BCUT2D eigenvalue weighted by Gasteiger charge is 2.33. The summed E-state index contributed by atoms with van der Waals surface area (Å²) in [7, 11) is -0.638. The average Bonchev–Trinajstić information content (AvgIpc) is 1.76. The Hall–Kier alpha value is 0.430. The van der Waals surface area contributed by atoms with Crippen molar-refractivity contribution in [2.75, 3.05) is 25.2 Å². The molecular weight excluding hydrogens is 187 g/mol.